The third-order valence-corrected chi connectivity index (χ3v) is 11.5. The van der Waals surface area contributed by atoms with E-state index in [4.69, 9.17) is 9.11 Å². The molecular weight excluding hydrogens is 806 g/mol. The number of rotatable bonds is 20. The van der Waals surface area contributed by atoms with Gasteiger partial charge >= 0.3 is 59.1 Å². The van der Waals surface area contributed by atoms with Crippen molar-refractivity contribution in [1.82, 2.24) is 0 Å². The quantitative estimate of drug-likeness (QED) is 0.0218. The van der Waals surface area contributed by atoms with Crippen LogP contribution in [0, 0.1) is 11.8 Å². The summed E-state index contributed by atoms with van der Waals surface area (Å²) in [7, 11) is -10.0. The Labute approximate surface area is 370 Å². The number of unbranched alkanes of at least 4 members (excludes halogenated alkanes) is 8. The second kappa shape index (κ2) is 24.1. The molecule has 0 aromatic rings. The Bertz CT molecular complexity index is 1590. The van der Waals surface area contributed by atoms with Crippen LogP contribution in [0.5, 0.6) is 0 Å². The number of Topliss-reactive ketones (excluding diaryl/α,β-unsaturated/α-hetero) is 4. The number of hydrogen-bond acceptors (Lipinski definition) is 16. The van der Waals surface area contributed by atoms with Crippen LogP contribution in [0.1, 0.15) is 118 Å². The number of aliphatic hydroxyl groups is 4. The minimum atomic E-state index is -5.01. The van der Waals surface area contributed by atoms with Gasteiger partial charge in [-0.3, -0.25) is 28.3 Å². The van der Waals surface area contributed by atoms with Gasteiger partial charge in [-0.15, -0.1) is 0 Å². The molecule has 56 heavy (non-hydrogen) atoms. The van der Waals surface area contributed by atoms with Crippen LogP contribution in [0.2, 0.25) is 0 Å². The van der Waals surface area contributed by atoms with E-state index in [1.165, 1.54) is 0 Å². The van der Waals surface area contributed by atoms with E-state index in [1.807, 2.05) is 13.8 Å². The maximum absolute atomic E-state index is 12.4. The molecule has 0 spiro atoms. The van der Waals surface area contributed by atoms with Crippen molar-refractivity contribution in [3.63, 3.8) is 0 Å². The van der Waals surface area contributed by atoms with E-state index >= 15 is 0 Å². The summed E-state index contributed by atoms with van der Waals surface area (Å²) in [5, 5.41) is 58.6. The fourth-order valence-electron chi connectivity index (χ4n) is 6.53. The zero-order valence-corrected chi connectivity index (χ0v) is 38.2. The molecule has 22 heteroatoms. The monoisotopic (exact) mass is 856 g/mol. The smallest absolute Gasteiger partial charge is 0.545 e. The van der Waals surface area contributed by atoms with Gasteiger partial charge in [0.05, 0.1) is 11.9 Å². The van der Waals surface area contributed by atoms with Crippen molar-refractivity contribution >= 4 is 55.3 Å². The Kier molecular flexibility index (Phi) is 24.5. The van der Waals surface area contributed by atoms with Gasteiger partial charge in [0.1, 0.15) is 0 Å². The Balaban J connectivity index is 0. The Hall–Kier alpha value is -1.24. The molecule has 18 nitrogen and oxygen atoms in total. The molecule has 0 bridgehead atoms. The predicted molar refractivity (Wildman–Crippen MR) is 183 cm³/mol. The fraction of sp³-hybridized carbons (Fsp3) is 0.706. The predicted octanol–water partition coefficient (Wildman–Crippen LogP) is -6.97. The van der Waals surface area contributed by atoms with E-state index in [0.29, 0.717) is 25.7 Å². The summed E-state index contributed by atoms with van der Waals surface area (Å²) in [6.07, 6.45) is 5.96. The number of aliphatic carboxylic acids is 2. The number of carboxylic acids is 2. The van der Waals surface area contributed by atoms with Crippen LogP contribution in [0.15, 0.2) is 22.3 Å². The molecule has 308 valence electrons. The van der Waals surface area contributed by atoms with Crippen LogP contribution in [-0.4, -0.2) is 104 Å². The molecule has 0 heterocycles. The van der Waals surface area contributed by atoms with Gasteiger partial charge in [-0.25, -0.2) is 0 Å². The Morgan fingerprint density at radius 3 is 1.09 bits per heavy atom. The summed E-state index contributed by atoms with van der Waals surface area (Å²) in [6.45, 7) is 5.93. The average molecular weight is 857 g/mol. The number of carbonyl (C=O) groups excluding carboxylic acids is 6. The van der Waals surface area contributed by atoms with Crippen LogP contribution in [0.25, 0.3) is 0 Å². The van der Waals surface area contributed by atoms with Gasteiger partial charge in [0.15, 0.2) is 45.2 Å². The molecule has 0 aliphatic heterocycles. The number of carboxylic acid groups (broad SMARTS) is 2. The zero-order valence-electron chi connectivity index (χ0n) is 32.6. The van der Waals surface area contributed by atoms with Gasteiger partial charge in [0.2, 0.25) is 0 Å². The molecule has 6 N–H and O–H groups in total. The molecular formula is C34H50Na2O18S2. The summed E-state index contributed by atoms with van der Waals surface area (Å²) >= 11 is 0. The van der Waals surface area contributed by atoms with E-state index in [-0.39, 0.29) is 72.0 Å². The van der Waals surface area contributed by atoms with Crippen molar-refractivity contribution in [2.24, 2.45) is 11.8 Å². The molecule has 0 radical (unpaired) electrons. The normalized spacial score (nSPS) is 19.4. The summed E-state index contributed by atoms with van der Waals surface area (Å²) in [5.41, 5.74) is -3.77. The fourth-order valence-corrected chi connectivity index (χ4v) is 8.03. The van der Waals surface area contributed by atoms with Gasteiger partial charge in [-0.2, -0.15) is 16.8 Å². The van der Waals surface area contributed by atoms with Crippen LogP contribution in [0.4, 0.5) is 0 Å². The number of ketones is 4. The van der Waals surface area contributed by atoms with Crippen molar-refractivity contribution < 1.29 is 144 Å². The third kappa shape index (κ3) is 16.4. The summed E-state index contributed by atoms with van der Waals surface area (Å²) < 4.78 is 63.4. The maximum Gasteiger partial charge on any atom is 1.00 e. The van der Waals surface area contributed by atoms with Gasteiger partial charge < -0.3 is 40.2 Å². The first kappa shape index (κ1) is 56.9. The molecule has 2 aliphatic rings. The first-order valence-electron chi connectivity index (χ1n) is 17.5. The van der Waals surface area contributed by atoms with E-state index < -0.39 is 124 Å². The maximum atomic E-state index is 12.4. The summed E-state index contributed by atoms with van der Waals surface area (Å²) in [5.74, 6) is -17.1. The second-order valence-corrected chi connectivity index (χ2v) is 17.0. The second-order valence-electron chi connectivity index (χ2n) is 13.8. The van der Waals surface area contributed by atoms with Crippen LogP contribution >= 0.6 is 0 Å². The molecule has 0 aromatic heterocycles. The first-order chi connectivity index (χ1) is 24.6. The molecule has 2 aliphatic carbocycles. The third-order valence-electron chi connectivity index (χ3n) is 9.30. The van der Waals surface area contributed by atoms with Crippen molar-refractivity contribution in [3.05, 3.63) is 22.3 Å². The molecule has 4 atom stereocenters. The van der Waals surface area contributed by atoms with Crippen molar-refractivity contribution in [2.75, 3.05) is 0 Å². The zero-order chi connectivity index (χ0) is 42.0. The van der Waals surface area contributed by atoms with E-state index in [1.54, 1.807) is 0 Å². The average Bonchev–Trinajstić information content (AvgIpc) is 3.00. The molecule has 0 saturated heterocycles. The molecule has 0 fully saturated rings. The Morgan fingerprint density at radius 2 is 0.875 bits per heavy atom. The Morgan fingerprint density at radius 1 is 0.607 bits per heavy atom. The molecule has 0 saturated carbocycles. The summed E-state index contributed by atoms with van der Waals surface area (Å²) in [6, 6.07) is 0. The number of hydrogen-bond donors (Lipinski definition) is 6. The van der Waals surface area contributed by atoms with Crippen molar-refractivity contribution in [2.45, 2.75) is 140 Å². The summed E-state index contributed by atoms with van der Waals surface area (Å²) in [4.78, 5) is 72.4. The van der Waals surface area contributed by atoms with E-state index in [9.17, 15) is 76.2 Å². The van der Waals surface area contributed by atoms with Gasteiger partial charge in [0.25, 0.3) is 20.2 Å². The van der Waals surface area contributed by atoms with Crippen LogP contribution < -0.4 is 69.3 Å². The number of carbonyl (C=O) groups is 6. The van der Waals surface area contributed by atoms with Crippen LogP contribution in [-0.2, 0) is 49.0 Å². The standard InChI is InChI=1S/2C17H26O9S.2Na/c2*1-3-4-5-6-7-8-10(17(2,22)23)13-11(18)9-12(27(24,25)26)15(19)14(13)16(20)21;;/h2*10,12,22-23H,3-9H2,1-2H3,(H,20,21)(H,24,25,26);;/q;;2*+1/p-2. The molecule has 2 rings (SSSR count). The minimum Gasteiger partial charge on any atom is -0.545 e. The molecule has 4 unspecified atom stereocenters. The van der Waals surface area contributed by atoms with Crippen molar-refractivity contribution in [1.29, 1.82) is 0 Å². The van der Waals surface area contributed by atoms with Gasteiger partial charge in [-0.05, 0) is 26.7 Å². The van der Waals surface area contributed by atoms with Crippen molar-refractivity contribution in [3.8, 4) is 0 Å². The van der Waals surface area contributed by atoms with E-state index in [2.05, 4.69) is 0 Å². The SMILES string of the molecule is CCCCCCCC(C1=C(C(=O)[O-])C(=O)C(S(=O)(=O)O)CC1=O)C(C)(O)O.CCCCCCCC(C1=C(C(=O)[O-])C(=O)C(S(=O)(=O)O)CC1=O)C(C)(O)O.[Na+].[Na+]. The van der Waals surface area contributed by atoms with Gasteiger partial charge in [-0.1, -0.05) is 78.1 Å². The molecule has 0 amide bonds. The van der Waals surface area contributed by atoms with Crippen LogP contribution in [0.3, 0.4) is 0 Å². The van der Waals surface area contributed by atoms with E-state index in [0.717, 1.165) is 52.4 Å². The first-order valence-corrected chi connectivity index (χ1v) is 20.5. The minimum absolute atomic E-state index is 0. The molecule has 0 aromatic carbocycles. The topological polar surface area (TPSA) is 338 Å². The largest absolute Gasteiger partial charge is 1.00 e. The van der Waals surface area contributed by atoms with Gasteiger partial charge in [0, 0.05) is 47.0 Å².